The molecule has 2 aromatic rings. The van der Waals surface area contributed by atoms with Gasteiger partial charge in [0.2, 0.25) is 11.6 Å². The number of rotatable bonds is 4. The maximum absolute atomic E-state index is 11.0. The average Bonchev–Trinajstić information content (AvgIpc) is 2.41. The van der Waals surface area contributed by atoms with Gasteiger partial charge in [0.1, 0.15) is 11.5 Å². The Kier molecular flexibility index (Phi) is 4.36. The number of nitrogens with zero attached hydrogens (tertiary/aromatic N) is 3. The fourth-order valence-corrected chi connectivity index (χ4v) is 2.04. The fourth-order valence-electron chi connectivity index (χ4n) is 1.54. The summed E-state index contributed by atoms with van der Waals surface area (Å²) in [5.74, 6) is 0.211. The van der Waals surface area contributed by atoms with Crippen LogP contribution in [0.5, 0.6) is 11.6 Å². The molecule has 0 fully saturated rings. The zero-order valence-corrected chi connectivity index (χ0v) is 11.9. The topological polar surface area (TPSA) is 78.2 Å². The Balaban J connectivity index is 2.45. The number of benzene rings is 1. The van der Waals surface area contributed by atoms with Crippen LogP contribution in [-0.2, 0) is 5.88 Å². The second-order valence-electron chi connectivity index (χ2n) is 3.91. The number of halogens is 2. The molecule has 104 valence electrons. The summed E-state index contributed by atoms with van der Waals surface area (Å²) in [6.07, 6.45) is 1.20. The third-order valence-electron chi connectivity index (χ3n) is 2.50. The van der Waals surface area contributed by atoms with Gasteiger partial charge in [0.05, 0.1) is 16.4 Å². The minimum Gasteiger partial charge on any atom is -0.431 e. The highest BCUT2D eigenvalue weighted by atomic mass is 35.5. The second-order valence-corrected chi connectivity index (χ2v) is 4.54. The number of ether oxygens (including phenoxy) is 1. The van der Waals surface area contributed by atoms with Crippen LogP contribution < -0.4 is 4.74 Å². The standard InChI is InChI=1S/C12H9Cl2N3O3/c1-7-2-3-10(9(4-7)17(18)19)20-12-8(5-13)11(14)15-6-16-12/h2-4,6H,5H2,1H3. The minimum atomic E-state index is -0.522. The normalized spacial score (nSPS) is 10.3. The van der Waals surface area contributed by atoms with Crippen molar-refractivity contribution in [1.29, 1.82) is 0 Å². The highest BCUT2D eigenvalue weighted by molar-refractivity contribution is 6.31. The smallest absolute Gasteiger partial charge is 0.311 e. The first-order chi connectivity index (χ1) is 9.52. The van der Waals surface area contributed by atoms with Crippen molar-refractivity contribution in [3.05, 3.63) is 50.9 Å². The Labute approximate surface area is 124 Å². The number of nitro benzene ring substituents is 1. The monoisotopic (exact) mass is 313 g/mol. The van der Waals surface area contributed by atoms with Gasteiger partial charge < -0.3 is 4.74 Å². The van der Waals surface area contributed by atoms with Gasteiger partial charge in [-0.1, -0.05) is 17.7 Å². The quantitative estimate of drug-likeness (QED) is 0.370. The van der Waals surface area contributed by atoms with Gasteiger partial charge in [0.25, 0.3) is 0 Å². The second kappa shape index (κ2) is 6.02. The van der Waals surface area contributed by atoms with E-state index in [4.69, 9.17) is 27.9 Å². The molecule has 0 aliphatic carbocycles. The van der Waals surface area contributed by atoms with Crippen molar-refractivity contribution in [2.24, 2.45) is 0 Å². The summed E-state index contributed by atoms with van der Waals surface area (Å²) in [6.45, 7) is 1.75. The Hall–Kier alpha value is -1.92. The van der Waals surface area contributed by atoms with E-state index in [2.05, 4.69) is 9.97 Å². The lowest BCUT2D eigenvalue weighted by molar-refractivity contribution is -0.385. The molecule has 0 bridgehead atoms. The molecular formula is C12H9Cl2N3O3. The molecule has 0 spiro atoms. The van der Waals surface area contributed by atoms with Crippen LogP contribution in [0.25, 0.3) is 0 Å². The van der Waals surface area contributed by atoms with Gasteiger partial charge in [0, 0.05) is 6.07 Å². The van der Waals surface area contributed by atoms with Crippen LogP contribution in [-0.4, -0.2) is 14.9 Å². The fraction of sp³-hybridized carbons (Fsp3) is 0.167. The van der Waals surface area contributed by atoms with E-state index >= 15 is 0 Å². The average molecular weight is 314 g/mol. The molecule has 6 nitrogen and oxygen atoms in total. The first-order valence-corrected chi connectivity index (χ1v) is 6.42. The molecule has 0 saturated heterocycles. The van der Waals surface area contributed by atoms with E-state index in [0.717, 1.165) is 5.56 Å². The molecule has 2 rings (SSSR count). The van der Waals surface area contributed by atoms with Crippen LogP contribution in [0.3, 0.4) is 0 Å². The van der Waals surface area contributed by atoms with Gasteiger partial charge in [-0.25, -0.2) is 9.97 Å². The Bertz CT molecular complexity index is 664. The molecule has 0 amide bonds. The lowest BCUT2D eigenvalue weighted by atomic mass is 10.2. The lowest BCUT2D eigenvalue weighted by Gasteiger charge is -2.09. The molecule has 0 N–H and O–H groups in total. The number of alkyl halides is 1. The van der Waals surface area contributed by atoms with E-state index < -0.39 is 4.92 Å². The van der Waals surface area contributed by atoms with Crippen LogP contribution in [0, 0.1) is 17.0 Å². The predicted octanol–water partition coefficient (Wildman–Crippen LogP) is 3.88. The molecule has 0 unspecified atom stereocenters. The molecule has 0 aliphatic heterocycles. The molecule has 1 aromatic heterocycles. The number of hydrogen-bond donors (Lipinski definition) is 0. The summed E-state index contributed by atoms with van der Waals surface area (Å²) in [7, 11) is 0. The first-order valence-electron chi connectivity index (χ1n) is 5.51. The van der Waals surface area contributed by atoms with Crippen LogP contribution in [0.1, 0.15) is 11.1 Å². The van der Waals surface area contributed by atoms with E-state index in [1.54, 1.807) is 13.0 Å². The van der Waals surface area contributed by atoms with Gasteiger partial charge >= 0.3 is 5.69 Å². The molecule has 20 heavy (non-hydrogen) atoms. The van der Waals surface area contributed by atoms with Crippen molar-refractivity contribution in [2.45, 2.75) is 12.8 Å². The summed E-state index contributed by atoms with van der Waals surface area (Å²) in [4.78, 5) is 18.2. The molecule has 1 aromatic carbocycles. The van der Waals surface area contributed by atoms with Gasteiger partial charge in [-0.3, -0.25) is 10.1 Å². The van der Waals surface area contributed by atoms with Crippen molar-refractivity contribution in [1.82, 2.24) is 9.97 Å². The van der Waals surface area contributed by atoms with Crippen LogP contribution in [0.4, 0.5) is 5.69 Å². The van der Waals surface area contributed by atoms with Crippen LogP contribution >= 0.6 is 23.2 Å². The number of aryl methyl sites for hydroxylation is 1. The third-order valence-corrected chi connectivity index (χ3v) is 3.10. The van der Waals surface area contributed by atoms with E-state index in [-0.39, 0.29) is 28.3 Å². The highest BCUT2D eigenvalue weighted by Gasteiger charge is 2.19. The van der Waals surface area contributed by atoms with E-state index in [1.165, 1.54) is 18.5 Å². The van der Waals surface area contributed by atoms with E-state index in [9.17, 15) is 10.1 Å². The molecule has 8 heteroatoms. The molecule has 1 heterocycles. The molecule has 0 atom stereocenters. The zero-order valence-electron chi connectivity index (χ0n) is 10.3. The Morgan fingerprint density at radius 1 is 1.40 bits per heavy atom. The minimum absolute atomic E-state index is 0.0364. The summed E-state index contributed by atoms with van der Waals surface area (Å²) in [5, 5.41) is 11.2. The van der Waals surface area contributed by atoms with E-state index in [1.807, 2.05) is 0 Å². The predicted molar refractivity (Wildman–Crippen MR) is 74.5 cm³/mol. The first kappa shape index (κ1) is 14.5. The van der Waals surface area contributed by atoms with Crippen molar-refractivity contribution in [3.8, 4) is 11.6 Å². The van der Waals surface area contributed by atoms with Crippen LogP contribution in [0.2, 0.25) is 5.15 Å². The lowest BCUT2D eigenvalue weighted by Crippen LogP contribution is -1.99. The summed E-state index contributed by atoms with van der Waals surface area (Å²) >= 11 is 11.6. The highest BCUT2D eigenvalue weighted by Crippen LogP contribution is 2.34. The van der Waals surface area contributed by atoms with Gasteiger partial charge in [-0.2, -0.15) is 0 Å². The summed E-state index contributed by atoms with van der Waals surface area (Å²) < 4.78 is 5.47. The number of nitro groups is 1. The third kappa shape index (κ3) is 2.97. The van der Waals surface area contributed by atoms with Gasteiger partial charge in [-0.05, 0) is 18.6 Å². The number of aromatic nitrogens is 2. The van der Waals surface area contributed by atoms with Crippen LogP contribution in [0.15, 0.2) is 24.5 Å². The van der Waals surface area contributed by atoms with Crippen molar-refractivity contribution >= 4 is 28.9 Å². The van der Waals surface area contributed by atoms with Gasteiger partial charge in [-0.15, -0.1) is 11.6 Å². The Morgan fingerprint density at radius 3 is 2.80 bits per heavy atom. The largest absolute Gasteiger partial charge is 0.431 e. The SMILES string of the molecule is Cc1ccc(Oc2ncnc(Cl)c2CCl)c([N+](=O)[O-])c1. The van der Waals surface area contributed by atoms with Crippen molar-refractivity contribution in [3.63, 3.8) is 0 Å². The maximum atomic E-state index is 11.0. The molecule has 0 aliphatic rings. The summed E-state index contributed by atoms with van der Waals surface area (Å²) in [5.41, 5.74) is 0.980. The van der Waals surface area contributed by atoms with Crippen molar-refractivity contribution < 1.29 is 9.66 Å². The van der Waals surface area contributed by atoms with Crippen molar-refractivity contribution in [2.75, 3.05) is 0 Å². The molecule has 0 radical (unpaired) electrons. The zero-order chi connectivity index (χ0) is 14.7. The number of hydrogen-bond acceptors (Lipinski definition) is 5. The van der Waals surface area contributed by atoms with Gasteiger partial charge in [0.15, 0.2) is 0 Å². The van der Waals surface area contributed by atoms with E-state index in [0.29, 0.717) is 5.56 Å². The molecule has 0 saturated carbocycles. The maximum Gasteiger partial charge on any atom is 0.311 e. The summed E-state index contributed by atoms with van der Waals surface area (Å²) in [6, 6.07) is 4.62. The Morgan fingerprint density at radius 2 is 2.15 bits per heavy atom. The molecular weight excluding hydrogens is 305 g/mol.